The third kappa shape index (κ3) is 2.91. The maximum absolute atomic E-state index is 8.98. The highest BCUT2D eigenvalue weighted by Crippen LogP contribution is 2.36. The van der Waals surface area contributed by atoms with Crippen molar-refractivity contribution in [3.63, 3.8) is 0 Å². The number of benzene rings is 1. The predicted octanol–water partition coefficient (Wildman–Crippen LogP) is 5.51. The first-order valence-electron chi connectivity index (χ1n) is 10.0. The molecule has 4 aromatic rings. The third-order valence-corrected chi connectivity index (χ3v) is 5.89. The number of rotatable bonds is 4. The van der Waals surface area contributed by atoms with Gasteiger partial charge in [0.1, 0.15) is 5.65 Å². The topological polar surface area (TPSA) is 69.4 Å². The second-order valence-corrected chi connectivity index (χ2v) is 7.64. The van der Waals surface area contributed by atoms with Crippen LogP contribution in [0.3, 0.4) is 0 Å². The van der Waals surface area contributed by atoms with Crippen molar-refractivity contribution in [1.82, 2.24) is 14.5 Å². The Balaban J connectivity index is 1.55. The van der Waals surface area contributed by atoms with E-state index in [1.807, 2.05) is 36.7 Å². The molecule has 0 bridgehead atoms. The van der Waals surface area contributed by atoms with Crippen molar-refractivity contribution in [2.45, 2.75) is 44.7 Å². The van der Waals surface area contributed by atoms with Crippen LogP contribution in [0, 0.1) is 11.3 Å². The zero-order valence-electron chi connectivity index (χ0n) is 15.8. The highest BCUT2D eigenvalue weighted by atomic mass is 15.1. The summed E-state index contributed by atoms with van der Waals surface area (Å²) in [5.74, 6) is 0. The van der Waals surface area contributed by atoms with Gasteiger partial charge in [0.15, 0.2) is 0 Å². The summed E-state index contributed by atoms with van der Waals surface area (Å²) in [5.41, 5.74) is 5.26. The monoisotopic (exact) mass is 369 g/mol. The number of hydrogen-bond donors (Lipinski definition) is 2. The molecule has 0 aliphatic heterocycles. The lowest BCUT2D eigenvalue weighted by atomic mass is 9.95. The quantitative estimate of drug-likeness (QED) is 0.498. The van der Waals surface area contributed by atoms with Crippen LogP contribution in [0.1, 0.15) is 49.4 Å². The second-order valence-electron chi connectivity index (χ2n) is 7.64. The van der Waals surface area contributed by atoms with Gasteiger partial charge < -0.3 is 14.9 Å². The first-order valence-corrected chi connectivity index (χ1v) is 10.0. The van der Waals surface area contributed by atoms with E-state index >= 15 is 0 Å². The van der Waals surface area contributed by atoms with Crippen LogP contribution in [0.15, 0.2) is 48.8 Å². The smallest absolute Gasteiger partial charge is 0.139 e. The second kappa shape index (κ2) is 7.05. The van der Waals surface area contributed by atoms with E-state index in [2.05, 4.69) is 38.1 Å². The molecule has 140 valence electrons. The zero-order chi connectivity index (χ0) is 18.9. The summed E-state index contributed by atoms with van der Waals surface area (Å²) in [5, 5.41) is 14.9. The van der Waals surface area contributed by atoms with E-state index in [1.54, 1.807) is 0 Å². The van der Waals surface area contributed by atoms with Crippen molar-refractivity contribution >= 4 is 27.6 Å². The molecule has 2 N–H and O–H groups in total. The van der Waals surface area contributed by atoms with Gasteiger partial charge in [0.2, 0.25) is 0 Å². The van der Waals surface area contributed by atoms with Gasteiger partial charge in [0.25, 0.3) is 0 Å². The highest BCUT2D eigenvalue weighted by molar-refractivity contribution is 6.03. The molecule has 28 heavy (non-hydrogen) atoms. The number of nitriles is 1. The molecule has 0 saturated heterocycles. The van der Waals surface area contributed by atoms with Gasteiger partial charge in [0, 0.05) is 40.6 Å². The summed E-state index contributed by atoms with van der Waals surface area (Å²) in [6.07, 6.45) is 10.4. The van der Waals surface area contributed by atoms with Crippen LogP contribution >= 0.6 is 0 Å². The van der Waals surface area contributed by atoms with Crippen LogP contribution in [-0.4, -0.2) is 14.5 Å². The Morgan fingerprint density at radius 3 is 2.75 bits per heavy atom. The molecule has 1 fully saturated rings. The summed E-state index contributed by atoms with van der Waals surface area (Å²) in [6, 6.07) is 14.8. The normalized spacial score (nSPS) is 15.1. The van der Waals surface area contributed by atoms with E-state index in [0.29, 0.717) is 11.6 Å². The van der Waals surface area contributed by atoms with Gasteiger partial charge >= 0.3 is 0 Å². The molecule has 1 aliphatic carbocycles. The molecular formula is C23H23N5. The van der Waals surface area contributed by atoms with Crippen LogP contribution in [0.4, 0.5) is 5.69 Å². The maximum Gasteiger partial charge on any atom is 0.139 e. The maximum atomic E-state index is 8.98. The van der Waals surface area contributed by atoms with Crippen LogP contribution in [-0.2, 0) is 6.54 Å². The minimum Gasteiger partial charge on any atom is -0.379 e. The van der Waals surface area contributed by atoms with Gasteiger partial charge in [-0.05, 0) is 49.2 Å². The van der Waals surface area contributed by atoms with Crippen LogP contribution in [0.5, 0.6) is 0 Å². The molecule has 5 rings (SSSR count). The zero-order valence-corrected chi connectivity index (χ0v) is 15.8. The number of anilines is 1. The number of pyridine rings is 1. The Labute approximate surface area is 164 Å². The molecule has 5 nitrogen and oxygen atoms in total. The van der Waals surface area contributed by atoms with Crippen molar-refractivity contribution < 1.29 is 0 Å². The van der Waals surface area contributed by atoms with Crippen LogP contribution in [0.2, 0.25) is 0 Å². The van der Waals surface area contributed by atoms with E-state index in [0.717, 1.165) is 17.9 Å². The van der Waals surface area contributed by atoms with Crippen LogP contribution in [0.25, 0.3) is 21.9 Å². The molecule has 0 atom stereocenters. The van der Waals surface area contributed by atoms with Gasteiger partial charge in [-0.3, -0.25) is 0 Å². The van der Waals surface area contributed by atoms with Gasteiger partial charge in [-0.15, -0.1) is 0 Å². The highest BCUT2D eigenvalue weighted by Gasteiger charge is 2.22. The van der Waals surface area contributed by atoms with Crippen molar-refractivity contribution in [3.05, 3.63) is 60.0 Å². The number of aromatic amines is 1. The Kier molecular flexibility index (Phi) is 4.25. The van der Waals surface area contributed by atoms with Crippen molar-refractivity contribution in [3.8, 4) is 6.07 Å². The van der Waals surface area contributed by atoms with Crippen molar-refractivity contribution in [2.24, 2.45) is 0 Å². The van der Waals surface area contributed by atoms with E-state index < -0.39 is 0 Å². The van der Waals surface area contributed by atoms with Crippen molar-refractivity contribution in [1.29, 1.82) is 5.26 Å². The van der Waals surface area contributed by atoms with Gasteiger partial charge in [0.05, 0.1) is 23.7 Å². The molecule has 1 saturated carbocycles. The molecule has 3 aromatic heterocycles. The molecule has 5 heteroatoms. The van der Waals surface area contributed by atoms with Gasteiger partial charge in [-0.1, -0.05) is 19.3 Å². The molecular weight excluding hydrogens is 346 g/mol. The standard InChI is InChI=1S/C23H23N5/c24-13-16-6-8-18(9-7-16)26-15-20-12-17-14-27-23-21(10-11-25-23)22(17)28(20)19-4-2-1-3-5-19/h6-12,14,19,26H,1-5,15H2,(H,25,27). The number of aromatic nitrogens is 3. The Morgan fingerprint density at radius 2 is 1.96 bits per heavy atom. The average Bonchev–Trinajstić information content (AvgIpc) is 3.37. The van der Waals surface area contributed by atoms with E-state index in [4.69, 9.17) is 5.26 Å². The number of H-pyrrole nitrogens is 1. The Morgan fingerprint density at radius 1 is 1.14 bits per heavy atom. The summed E-state index contributed by atoms with van der Waals surface area (Å²) in [4.78, 5) is 7.84. The lowest BCUT2D eigenvalue weighted by Gasteiger charge is -2.27. The first kappa shape index (κ1) is 16.9. The summed E-state index contributed by atoms with van der Waals surface area (Å²) in [7, 11) is 0. The first-order chi connectivity index (χ1) is 13.8. The number of fused-ring (bicyclic) bond motifs is 3. The average molecular weight is 369 g/mol. The molecule has 0 unspecified atom stereocenters. The molecule has 0 radical (unpaired) electrons. The summed E-state index contributed by atoms with van der Waals surface area (Å²) < 4.78 is 2.56. The minimum absolute atomic E-state index is 0.546. The van der Waals surface area contributed by atoms with Gasteiger partial charge in [-0.25, -0.2) is 4.98 Å². The minimum atomic E-state index is 0.546. The lowest BCUT2D eigenvalue weighted by molar-refractivity contribution is 0.355. The SMILES string of the molecule is N#Cc1ccc(NCc2cc3cnc4[nH]ccc4c3n2C2CCCCC2)cc1. The summed E-state index contributed by atoms with van der Waals surface area (Å²) in [6.45, 7) is 0.753. The Bertz CT molecular complexity index is 1150. The fourth-order valence-corrected chi connectivity index (χ4v) is 4.52. The summed E-state index contributed by atoms with van der Waals surface area (Å²) >= 11 is 0. The largest absolute Gasteiger partial charge is 0.379 e. The number of nitrogens with zero attached hydrogens (tertiary/aromatic N) is 3. The molecule has 0 amide bonds. The molecule has 3 heterocycles. The Hall–Kier alpha value is -3.26. The number of nitrogens with one attached hydrogen (secondary N) is 2. The van der Waals surface area contributed by atoms with Crippen LogP contribution < -0.4 is 5.32 Å². The third-order valence-electron chi connectivity index (χ3n) is 5.89. The molecule has 1 aliphatic rings. The lowest BCUT2D eigenvalue weighted by Crippen LogP contribution is -2.16. The molecule has 1 aromatic carbocycles. The predicted molar refractivity (Wildman–Crippen MR) is 112 cm³/mol. The fourth-order valence-electron chi connectivity index (χ4n) is 4.52. The van der Waals surface area contributed by atoms with Crippen molar-refractivity contribution in [2.75, 3.05) is 5.32 Å². The fraction of sp³-hybridized carbons (Fsp3) is 0.304. The molecule has 0 spiro atoms. The number of hydrogen-bond acceptors (Lipinski definition) is 3. The van der Waals surface area contributed by atoms with E-state index in [1.165, 1.54) is 54.1 Å². The van der Waals surface area contributed by atoms with Gasteiger partial charge in [-0.2, -0.15) is 5.26 Å². The van der Waals surface area contributed by atoms with E-state index in [-0.39, 0.29) is 0 Å². The van der Waals surface area contributed by atoms with E-state index in [9.17, 15) is 0 Å².